The lowest BCUT2D eigenvalue weighted by Crippen LogP contribution is -2.24. The Labute approximate surface area is 141 Å². The van der Waals surface area contributed by atoms with Crippen molar-refractivity contribution in [2.75, 3.05) is 0 Å². The van der Waals surface area contributed by atoms with E-state index in [1.807, 2.05) is 18.2 Å². The fraction of sp³-hybridized carbons (Fsp3) is 0.300. The average molecular weight is 324 g/mol. The molecule has 0 aliphatic heterocycles. The van der Waals surface area contributed by atoms with Crippen molar-refractivity contribution in [2.24, 2.45) is 0 Å². The monoisotopic (exact) mass is 324 g/mol. The average Bonchev–Trinajstić information content (AvgIpc) is 3.08. The maximum atomic E-state index is 12.5. The minimum atomic E-state index is -0.838. The van der Waals surface area contributed by atoms with Crippen molar-refractivity contribution in [3.8, 4) is 0 Å². The first-order chi connectivity index (χ1) is 11.6. The van der Waals surface area contributed by atoms with Gasteiger partial charge >= 0.3 is 5.97 Å². The van der Waals surface area contributed by atoms with Gasteiger partial charge in [0.2, 0.25) is 5.78 Å². The highest BCUT2D eigenvalue weighted by atomic mass is 16.5. The van der Waals surface area contributed by atoms with Gasteiger partial charge in [-0.15, -0.1) is 0 Å². The molecule has 2 aromatic carbocycles. The van der Waals surface area contributed by atoms with Crippen LogP contribution in [-0.2, 0) is 24.2 Å². The zero-order valence-electron chi connectivity index (χ0n) is 13.6. The number of rotatable bonds is 5. The van der Waals surface area contributed by atoms with Gasteiger partial charge in [-0.25, -0.2) is 4.79 Å². The molecule has 2 aromatic rings. The summed E-state index contributed by atoms with van der Waals surface area (Å²) in [4.78, 5) is 24.6. The molecule has 1 aliphatic rings. The summed E-state index contributed by atoms with van der Waals surface area (Å²) in [5.74, 6) is -0.730. The van der Waals surface area contributed by atoms with Crippen molar-refractivity contribution in [1.29, 1.82) is 0 Å². The first kappa shape index (κ1) is 16.4. The number of carbonyl (C=O) groups is 2. The Morgan fingerprint density at radius 3 is 2.42 bits per heavy atom. The summed E-state index contributed by atoms with van der Waals surface area (Å²) < 4.78 is 5.29. The van der Waals surface area contributed by atoms with Crippen molar-refractivity contribution in [3.05, 3.63) is 70.3 Å². The number of benzene rings is 2. The molecule has 0 saturated carbocycles. The van der Waals surface area contributed by atoms with E-state index in [9.17, 15) is 9.59 Å². The van der Waals surface area contributed by atoms with Gasteiger partial charge in [0, 0.05) is 5.56 Å². The minimum absolute atomic E-state index is 0.0808. The highest BCUT2D eigenvalue weighted by molar-refractivity contribution is 6.01. The Bertz CT molecular complexity index is 762. The molecule has 0 saturated heterocycles. The Morgan fingerprint density at radius 2 is 1.71 bits per heavy atom. The molecule has 4 heteroatoms. The number of esters is 1. The third-order valence-electron chi connectivity index (χ3n) is 4.41. The number of aliphatic hydroxyl groups excluding tert-OH is 1. The Hall–Kier alpha value is -2.46. The van der Waals surface area contributed by atoms with E-state index >= 15 is 0 Å². The van der Waals surface area contributed by atoms with E-state index in [0.29, 0.717) is 16.7 Å². The fourth-order valence-electron chi connectivity index (χ4n) is 2.99. The van der Waals surface area contributed by atoms with Crippen LogP contribution >= 0.6 is 0 Å². The molecular formula is C20H20O4. The topological polar surface area (TPSA) is 63.6 Å². The molecule has 124 valence electrons. The van der Waals surface area contributed by atoms with Crippen molar-refractivity contribution >= 4 is 11.8 Å². The van der Waals surface area contributed by atoms with Gasteiger partial charge in [0.05, 0.1) is 12.2 Å². The van der Waals surface area contributed by atoms with Crippen molar-refractivity contribution < 1.29 is 19.4 Å². The summed E-state index contributed by atoms with van der Waals surface area (Å²) in [6.45, 7) is 1.51. The fourth-order valence-corrected chi connectivity index (χ4v) is 2.99. The smallest absolute Gasteiger partial charge is 0.338 e. The lowest BCUT2D eigenvalue weighted by molar-refractivity contribution is 0.0318. The lowest BCUT2D eigenvalue weighted by atomic mass is 10.0. The molecule has 0 heterocycles. The SMILES string of the molecule is CC(OC(=O)c1ccc(CO)cc1)C(=O)c1ccc2c(c1)CCC2. The van der Waals surface area contributed by atoms with E-state index in [0.717, 1.165) is 19.3 Å². The lowest BCUT2D eigenvalue weighted by Gasteiger charge is -2.13. The summed E-state index contributed by atoms with van der Waals surface area (Å²) in [6, 6.07) is 12.2. The predicted molar refractivity (Wildman–Crippen MR) is 90.0 cm³/mol. The number of aliphatic hydroxyl groups is 1. The van der Waals surface area contributed by atoms with E-state index < -0.39 is 12.1 Å². The molecule has 0 fully saturated rings. The number of carbonyl (C=O) groups excluding carboxylic acids is 2. The van der Waals surface area contributed by atoms with Crippen LogP contribution in [0.5, 0.6) is 0 Å². The van der Waals surface area contributed by atoms with E-state index in [2.05, 4.69) is 0 Å². The summed E-state index contributed by atoms with van der Waals surface area (Å²) >= 11 is 0. The number of fused-ring (bicyclic) bond motifs is 1. The number of hydrogen-bond acceptors (Lipinski definition) is 4. The standard InChI is InChI=1S/C20H20O4/c1-13(24-20(23)16-7-5-14(12-21)6-8-16)19(22)18-10-9-15-3-2-4-17(15)11-18/h5-11,13,21H,2-4,12H2,1H3. The molecule has 0 amide bonds. The van der Waals surface area contributed by atoms with Crippen LogP contribution in [0.25, 0.3) is 0 Å². The largest absolute Gasteiger partial charge is 0.451 e. The van der Waals surface area contributed by atoms with E-state index in [1.165, 1.54) is 11.1 Å². The van der Waals surface area contributed by atoms with Crippen LogP contribution < -0.4 is 0 Å². The molecule has 0 aromatic heterocycles. The predicted octanol–water partition coefficient (Wildman–Crippen LogP) is 3.10. The van der Waals surface area contributed by atoms with Gasteiger partial charge < -0.3 is 9.84 Å². The molecule has 3 rings (SSSR count). The third kappa shape index (κ3) is 3.39. The van der Waals surface area contributed by atoms with Gasteiger partial charge in [0.1, 0.15) is 0 Å². The number of ether oxygens (including phenoxy) is 1. The minimum Gasteiger partial charge on any atom is -0.451 e. The van der Waals surface area contributed by atoms with Gasteiger partial charge in [0.25, 0.3) is 0 Å². The molecule has 1 N–H and O–H groups in total. The summed E-state index contributed by atoms with van der Waals surface area (Å²) in [5, 5.41) is 9.02. The molecule has 1 atom stereocenters. The summed E-state index contributed by atoms with van der Waals surface area (Å²) in [6.07, 6.45) is 2.36. The second-order valence-electron chi connectivity index (χ2n) is 6.10. The molecule has 0 bridgehead atoms. The highest BCUT2D eigenvalue weighted by Gasteiger charge is 2.22. The van der Waals surface area contributed by atoms with Crippen molar-refractivity contribution in [2.45, 2.75) is 38.9 Å². The first-order valence-electron chi connectivity index (χ1n) is 8.15. The van der Waals surface area contributed by atoms with Gasteiger partial charge in [-0.3, -0.25) is 4.79 Å². The second-order valence-corrected chi connectivity index (χ2v) is 6.10. The number of ketones is 1. The highest BCUT2D eigenvalue weighted by Crippen LogP contribution is 2.23. The molecule has 4 nitrogen and oxygen atoms in total. The molecule has 24 heavy (non-hydrogen) atoms. The third-order valence-corrected chi connectivity index (χ3v) is 4.41. The number of Topliss-reactive ketones (excluding diaryl/α,β-unsaturated/α-hetero) is 1. The zero-order valence-corrected chi connectivity index (χ0v) is 13.6. The van der Waals surface area contributed by atoms with Crippen LogP contribution in [0.3, 0.4) is 0 Å². The van der Waals surface area contributed by atoms with Crippen LogP contribution in [0.1, 0.15) is 50.8 Å². The van der Waals surface area contributed by atoms with Gasteiger partial charge in [-0.2, -0.15) is 0 Å². The maximum Gasteiger partial charge on any atom is 0.338 e. The molecule has 0 radical (unpaired) electrons. The molecular weight excluding hydrogens is 304 g/mol. The van der Waals surface area contributed by atoms with E-state index in [1.54, 1.807) is 31.2 Å². The Balaban J connectivity index is 1.68. The van der Waals surface area contributed by atoms with Gasteiger partial charge in [-0.05, 0) is 61.1 Å². The second kappa shape index (κ2) is 6.97. The Morgan fingerprint density at radius 1 is 1.04 bits per heavy atom. The van der Waals surface area contributed by atoms with E-state index in [4.69, 9.17) is 9.84 Å². The number of aryl methyl sites for hydroxylation is 2. The zero-order chi connectivity index (χ0) is 17.1. The van der Waals surface area contributed by atoms with Gasteiger partial charge in [0.15, 0.2) is 6.10 Å². The quantitative estimate of drug-likeness (QED) is 0.678. The van der Waals surface area contributed by atoms with Crippen LogP contribution in [-0.4, -0.2) is 23.0 Å². The molecule has 0 spiro atoms. The number of hydrogen-bond donors (Lipinski definition) is 1. The Kier molecular flexibility index (Phi) is 4.76. The summed E-state index contributed by atoms with van der Waals surface area (Å²) in [7, 11) is 0. The van der Waals surface area contributed by atoms with Crippen molar-refractivity contribution in [3.63, 3.8) is 0 Å². The van der Waals surface area contributed by atoms with Crippen LogP contribution in [0, 0.1) is 0 Å². The normalized spacial score (nSPS) is 14.1. The summed E-state index contributed by atoms with van der Waals surface area (Å²) in [5.41, 5.74) is 4.19. The van der Waals surface area contributed by atoms with E-state index in [-0.39, 0.29) is 12.4 Å². The van der Waals surface area contributed by atoms with Crippen LogP contribution in [0.2, 0.25) is 0 Å². The van der Waals surface area contributed by atoms with Gasteiger partial charge in [-0.1, -0.05) is 24.3 Å². The molecule has 1 unspecified atom stereocenters. The van der Waals surface area contributed by atoms with Crippen LogP contribution in [0.15, 0.2) is 42.5 Å². The first-order valence-corrected chi connectivity index (χ1v) is 8.15. The van der Waals surface area contributed by atoms with Crippen LogP contribution in [0.4, 0.5) is 0 Å². The van der Waals surface area contributed by atoms with Crippen molar-refractivity contribution in [1.82, 2.24) is 0 Å². The maximum absolute atomic E-state index is 12.5. The molecule has 1 aliphatic carbocycles.